The quantitative estimate of drug-likeness (QED) is 0.590. The second kappa shape index (κ2) is 5.37. The van der Waals surface area contributed by atoms with Gasteiger partial charge in [0, 0.05) is 5.22 Å². The molecule has 0 bridgehead atoms. The van der Waals surface area contributed by atoms with Crippen LogP contribution in [0, 0.1) is 5.92 Å². The number of rotatable bonds is 1. The molecule has 1 atom stereocenters. The molecule has 2 rings (SSSR count). The lowest BCUT2D eigenvalue weighted by Crippen LogP contribution is -2.42. The predicted molar refractivity (Wildman–Crippen MR) is 79.5 cm³/mol. The Labute approximate surface area is 123 Å². The van der Waals surface area contributed by atoms with E-state index in [4.69, 9.17) is 4.74 Å². The summed E-state index contributed by atoms with van der Waals surface area (Å²) in [6, 6.07) is 6.72. The zero-order valence-electron chi connectivity index (χ0n) is 12.0. The van der Waals surface area contributed by atoms with Crippen LogP contribution in [0.3, 0.4) is 0 Å². The fraction of sp³-hybridized carbons (Fsp3) is 0.333. The van der Waals surface area contributed by atoms with Crippen molar-refractivity contribution >= 4 is 33.0 Å². The second-order valence-electron chi connectivity index (χ2n) is 5.72. The first kappa shape index (κ1) is 15.3. The number of aliphatic hydroxyl groups excluding tert-OH is 1. The van der Waals surface area contributed by atoms with Crippen molar-refractivity contribution in [2.45, 2.75) is 26.4 Å². The number of aliphatic hydroxyl groups is 1. The lowest BCUT2D eigenvalue weighted by molar-refractivity contribution is -0.156. The minimum atomic E-state index is -2.63. The van der Waals surface area contributed by atoms with Gasteiger partial charge in [-0.25, -0.2) is 0 Å². The third kappa shape index (κ3) is 3.16. The molecule has 112 valence electrons. The highest BCUT2D eigenvalue weighted by atomic mass is 32.2. The summed E-state index contributed by atoms with van der Waals surface area (Å²) in [5, 5.41) is 11.3. The number of carbonyl (C=O) groups is 1. The van der Waals surface area contributed by atoms with Crippen LogP contribution >= 0.6 is 0 Å². The van der Waals surface area contributed by atoms with Crippen molar-refractivity contribution < 1.29 is 23.1 Å². The Kier molecular flexibility index (Phi) is 3.91. The van der Waals surface area contributed by atoms with Crippen molar-refractivity contribution in [3.05, 3.63) is 34.7 Å². The summed E-state index contributed by atoms with van der Waals surface area (Å²) in [7, 11) is -2.63. The summed E-state index contributed by atoms with van der Waals surface area (Å²) in [4.78, 5) is 12.0. The van der Waals surface area contributed by atoms with Gasteiger partial charge in [-0.2, -0.15) is 8.42 Å². The van der Waals surface area contributed by atoms with Gasteiger partial charge in [-0.15, -0.1) is 0 Å². The maximum absolute atomic E-state index is 12.2. The van der Waals surface area contributed by atoms with Crippen LogP contribution in [0.15, 0.2) is 24.3 Å². The van der Waals surface area contributed by atoms with E-state index >= 15 is 0 Å². The largest absolute Gasteiger partial charge is 0.510 e. The van der Waals surface area contributed by atoms with E-state index in [0.29, 0.717) is 10.4 Å². The Morgan fingerprint density at radius 3 is 2.43 bits per heavy atom. The first-order valence-corrected chi connectivity index (χ1v) is 7.47. The number of esters is 1. The Morgan fingerprint density at radius 2 is 1.86 bits per heavy atom. The number of hydrogen-bond donors (Lipinski definition) is 1. The predicted octanol–water partition coefficient (Wildman–Crippen LogP) is 0.156. The molecule has 1 aromatic rings. The number of benzene rings is 1. The van der Waals surface area contributed by atoms with Crippen LogP contribution in [0.4, 0.5) is 0 Å². The van der Waals surface area contributed by atoms with Gasteiger partial charge in [0.25, 0.3) is 0 Å². The molecular weight excluding hydrogens is 292 g/mol. The Hall–Kier alpha value is -2.08. The van der Waals surface area contributed by atoms with Crippen molar-refractivity contribution in [2.24, 2.45) is 5.92 Å². The summed E-state index contributed by atoms with van der Waals surface area (Å²) < 4.78 is 28.0. The van der Waals surface area contributed by atoms with E-state index in [-0.39, 0.29) is 10.6 Å². The van der Waals surface area contributed by atoms with Crippen molar-refractivity contribution in [3.8, 4) is 0 Å². The van der Waals surface area contributed by atoms with Crippen LogP contribution in [0.2, 0.25) is 0 Å². The van der Waals surface area contributed by atoms with Gasteiger partial charge >= 0.3 is 5.97 Å². The summed E-state index contributed by atoms with van der Waals surface area (Å²) in [5.74, 6) is -2.41. The monoisotopic (exact) mass is 308 g/mol. The topological polar surface area (TPSA) is 80.7 Å². The van der Waals surface area contributed by atoms with Crippen molar-refractivity contribution in [1.29, 1.82) is 0 Å². The molecule has 0 fully saturated rings. The van der Waals surface area contributed by atoms with Crippen molar-refractivity contribution in [3.63, 3.8) is 0 Å². The number of fused-ring (bicyclic) bond motifs is 1. The van der Waals surface area contributed by atoms with Gasteiger partial charge in [0.2, 0.25) is 10.3 Å². The van der Waals surface area contributed by atoms with Crippen LogP contribution in [0.1, 0.15) is 20.8 Å². The molecule has 0 radical (unpaired) electrons. The maximum Gasteiger partial charge on any atom is 0.322 e. The molecule has 0 amide bonds. The zero-order valence-corrected chi connectivity index (χ0v) is 12.8. The minimum Gasteiger partial charge on any atom is -0.510 e. The highest BCUT2D eigenvalue weighted by molar-refractivity contribution is 7.74. The zero-order chi connectivity index (χ0) is 15.8. The van der Waals surface area contributed by atoms with Gasteiger partial charge < -0.3 is 9.84 Å². The average molecular weight is 308 g/mol. The van der Waals surface area contributed by atoms with E-state index in [0.717, 1.165) is 0 Å². The highest BCUT2D eigenvalue weighted by Crippen LogP contribution is 2.19. The maximum atomic E-state index is 12.2. The summed E-state index contributed by atoms with van der Waals surface area (Å²) in [6.45, 7) is 5.03. The molecule has 1 aliphatic rings. The Bertz CT molecular complexity index is 833. The molecule has 21 heavy (non-hydrogen) atoms. The lowest BCUT2D eigenvalue weighted by Gasteiger charge is -2.24. The molecule has 0 aliphatic heterocycles. The van der Waals surface area contributed by atoms with Gasteiger partial charge in [0.1, 0.15) is 11.4 Å². The van der Waals surface area contributed by atoms with Crippen molar-refractivity contribution in [2.75, 3.05) is 0 Å². The van der Waals surface area contributed by atoms with Gasteiger partial charge in [-0.1, -0.05) is 24.3 Å². The first-order chi connectivity index (χ1) is 9.70. The van der Waals surface area contributed by atoms with E-state index in [1.807, 2.05) is 0 Å². The van der Waals surface area contributed by atoms with E-state index in [9.17, 15) is 18.3 Å². The van der Waals surface area contributed by atoms with E-state index in [2.05, 4.69) is 0 Å². The van der Waals surface area contributed by atoms with Crippen LogP contribution in [-0.2, 0) is 19.8 Å². The van der Waals surface area contributed by atoms with Gasteiger partial charge in [-0.3, -0.25) is 4.79 Å². The lowest BCUT2D eigenvalue weighted by atomic mass is 9.94. The minimum absolute atomic E-state index is 0.194. The molecule has 1 unspecified atom stereocenters. The summed E-state index contributed by atoms with van der Waals surface area (Å²) in [5.41, 5.74) is -0.774. The van der Waals surface area contributed by atoms with Crippen LogP contribution in [-0.4, -0.2) is 30.0 Å². The molecule has 1 aliphatic carbocycles. The number of carbonyl (C=O) groups excluding carboxylic acids is 1. The van der Waals surface area contributed by atoms with Crippen LogP contribution in [0.25, 0.3) is 11.8 Å². The normalized spacial score (nSPS) is 17.8. The third-order valence-electron chi connectivity index (χ3n) is 2.93. The fourth-order valence-electron chi connectivity index (χ4n) is 2.12. The van der Waals surface area contributed by atoms with Gasteiger partial charge in [-0.05, 0) is 32.1 Å². The van der Waals surface area contributed by atoms with Crippen molar-refractivity contribution in [1.82, 2.24) is 0 Å². The highest BCUT2D eigenvalue weighted by Gasteiger charge is 2.35. The number of hydrogen-bond acceptors (Lipinski definition) is 5. The molecular formula is C15H16O5S. The number of ether oxygens (including phenoxy) is 1. The second-order valence-corrected chi connectivity index (χ2v) is 6.66. The average Bonchev–Trinajstić information content (AvgIpc) is 2.36. The molecule has 0 aromatic heterocycles. The molecule has 5 nitrogen and oxygen atoms in total. The SMILES string of the molecule is CC(C)(C)OC(=O)C1C(O)=c2ccccc2=CC1=S(=O)=O. The van der Waals surface area contributed by atoms with Crippen LogP contribution < -0.4 is 10.4 Å². The summed E-state index contributed by atoms with van der Waals surface area (Å²) >= 11 is 0. The molecule has 0 saturated heterocycles. The molecule has 6 heteroatoms. The van der Waals surface area contributed by atoms with E-state index < -0.39 is 27.8 Å². The Balaban J connectivity index is 2.68. The van der Waals surface area contributed by atoms with Gasteiger partial charge in [0.15, 0.2) is 5.92 Å². The first-order valence-electron chi connectivity index (χ1n) is 6.39. The standard InChI is InChI=1S/C15H16O5S/c1-15(2,3)20-14(17)12-11(21(18)19)8-9-6-4-5-7-10(9)13(12)16/h4-8,12,16H,1-3H3. The van der Waals surface area contributed by atoms with Crippen LogP contribution in [0.5, 0.6) is 0 Å². The molecule has 0 spiro atoms. The van der Waals surface area contributed by atoms with E-state index in [1.165, 1.54) is 6.08 Å². The third-order valence-corrected chi connectivity index (χ3v) is 3.67. The molecule has 0 heterocycles. The smallest absolute Gasteiger partial charge is 0.322 e. The molecule has 1 N–H and O–H groups in total. The summed E-state index contributed by atoms with van der Waals surface area (Å²) in [6.07, 6.45) is 1.38. The van der Waals surface area contributed by atoms with Gasteiger partial charge in [0.05, 0.1) is 4.86 Å². The molecule has 1 aromatic carbocycles. The fourth-order valence-corrected chi connectivity index (χ4v) is 2.74. The molecule has 0 saturated carbocycles. The Morgan fingerprint density at radius 1 is 1.24 bits per heavy atom. The van der Waals surface area contributed by atoms with E-state index in [1.54, 1.807) is 45.0 Å².